The summed E-state index contributed by atoms with van der Waals surface area (Å²) in [5.41, 5.74) is 0.681. The first-order valence-electron chi connectivity index (χ1n) is 6.18. The van der Waals surface area contributed by atoms with Crippen LogP contribution >= 0.6 is 0 Å². The molecule has 1 saturated heterocycles. The van der Waals surface area contributed by atoms with E-state index in [9.17, 15) is 8.42 Å². The Hall–Kier alpha value is -1.41. The van der Waals surface area contributed by atoms with Crippen molar-refractivity contribution in [3.8, 4) is 0 Å². The van der Waals surface area contributed by atoms with E-state index in [1.165, 1.54) is 21.4 Å². The van der Waals surface area contributed by atoms with E-state index in [1.807, 2.05) is 6.92 Å². The number of nitrogens with zero attached hydrogens (tertiary/aromatic N) is 4. The Morgan fingerprint density at radius 2 is 2.32 bits per heavy atom. The van der Waals surface area contributed by atoms with E-state index in [4.69, 9.17) is 5.21 Å². The van der Waals surface area contributed by atoms with Crippen molar-refractivity contribution in [1.82, 2.24) is 14.1 Å². The summed E-state index contributed by atoms with van der Waals surface area (Å²) >= 11 is 0. The smallest absolute Gasteiger partial charge is 0.246 e. The molecule has 1 aliphatic heterocycles. The van der Waals surface area contributed by atoms with Gasteiger partial charge >= 0.3 is 0 Å². The van der Waals surface area contributed by atoms with Gasteiger partial charge in [0.1, 0.15) is 4.90 Å². The van der Waals surface area contributed by atoms with Gasteiger partial charge in [0.05, 0.1) is 11.9 Å². The molecule has 1 unspecified atom stereocenters. The Bertz CT molecular complexity index is 579. The molecule has 0 spiro atoms. The molecule has 1 aromatic heterocycles. The Labute approximate surface area is 112 Å². The standard InChI is InChI=1S/C11H18N4O3S/c1-3-9-7-15(5-4-11(9)13-16)19(17,18)10-6-12-14(2)8-10/h6,8-9,16H,3-5,7H2,1-2H3. The van der Waals surface area contributed by atoms with Crippen LogP contribution in [-0.2, 0) is 17.1 Å². The normalized spacial score (nSPS) is 23.9. The maximum absolute atomic E-state index is 12.4. The zero-order valence-electron chi connectivity index (χ0n) is 11.0. The van der Waals surface area contributed by atoms with Gasteiger partial charge in [-0.15, -0.1) is 0 Å². The second kappa shape index (κ2) is 5.30. The molecule has 0 aromatic carbocycles. The third-order valence-electron chi connectivity index (χ3n) is 3.45. The summed E-state index contributed by atoms with van der Waals surface area (Å²) in [7, 11) is -1.82. The third kappa shape index (κ3) is 2.64. The minimum absolute atomic E-state index is 0.0230. The SMILES string of the molecule is CCC1CN(S(=O)(=O)c2cnn(C)c2)CCC1=NO. The fourth-order valence-corrected chi connectivity index (χ4v) is 3.75. The molecular formula is C11H18N4O3S. The second-order valence-electron chi connectivity index (χ2n) is 4.66. The highest BCUT2D eigenvalue weighted by molar-refractivity contribution is 7.89. The summed E-state index contributed by atoms with van der Waals surface area (Å²) in [6, 6.07) is 0. The number of rotatable bonds is 3. The molecule has 0 radical (unpaired) electrons. The van der Waals surface area contributed by atoms with Crippen molar-refractivity contribution < 1.29 is 13.6 Å². The number of sulfonamides is 1. The quantitative estimate of drug-likeness (QED) is 0.653. The van der Waals surface area contributed by atoms with Crippen molar-refractivity contribution in [1.29, 1.82) is 0 Å². The molecule has 1 fully saturated rings. The second-order valence-corrected chi connectivity index (χ2v) is 6.60. The van der Waals surface area contributed by atoms with Crippen LogP contribution in [0.5, 0.6) is 0 Å². The van der Waals surface area contributed by atoms with E-state index in [1.54, 1.807) is 7.05 Å². The van der Waals surface area contributed by atoms with Crippen LogP contribution in [0.25, 0.3) is 0 Å². The van der Waals surface area contributed by atoms with Gasteiger partial charge in [-0.25, -0.2) is 8.42 Å². The topological polar surface area (TPSA) is 87.8 Å². The number of piperidine rings is 1. The maximum Gasteiger partial charge on any atom is 0.246 e. The van der Waals surface area contributed by atoms with Crippen LogP contribution in [0, 0.1) is 5.92 Å². The number of aryl methyl sites for hydroxylation is 1. The highest BCUT2D eigenvalue weighted by Gasteiger charge is 2.33. The van der Waals surface area contributed by atoms with Crippen molar-refractivity contribution >= 4 is 15.7 Å². The average molecular weight is 286 g/mol. The lowest BCUT2D eigenvalue weighted by molar-refractivity contribution is 0.295. The lowest BCUT2D eigenvalue weighted by atomic mass is 9.95. The van der Waals surface area contributed by atoms with Crippen LogP contribution < -0.4 is 0 Å². The highest BCUT2D eigenvalue weighted by Crippen LogP contribution is 2.23. The molecule has 106 valence electrons. The monoisotopic (exact) mass is 286 g/mol. The first-order chi connectivity index (χ1) is 8.98. The first kappa shape index (κ1) is 14.0. The Balaban J connectivity index is 2.23. The predicted molar refractivity (Wildman–Crippen MR) is 69.6 cm³/mol. The fraction of sp³-hybridized carbons (Fsp3) is 0.636. The molecule has 1 N–H and O–H groups in total. The third-order valence-corrected chi connectivity index (χ3v) is 5.27. The van der Waals surface area contributed by atoms with Crippen molar-refractivity contribution in [2.75, 3.05) is 13.1 Å². The van der Waals surface area contributed by atoms with Gasteiger partial charge in [-0.3, -0.25) is 4.68 Å². The van der Waals surface area contributed by atoms with Crippen LogP contribution in [0.15, 0.2) is 22.4 Å². The summed E-state index contributed by atoms with van der Waals surface area (Å²) in [4.78, 5) is 0.203. The van der Waals surface area contributed by atoms with E-state index >= 15 is 0 Å². The zero-order chi connectivity index (χ0) is 14.0. The minimum atomic E-state index is -3.50. The summed E-state index contributed by atoms with van der Waals surface area (Å²) in [5.74, 6) is -0.0230. The van der Waals surface area contributed by atoms with Crippen molar-refractivity contribution in [3.05, 3.63) is 12.4 Å². The van der Waals surface area contributed by atoms with Gasteiger partial charge in [0.2, 0.25) is 10.0 Å². The summed E-state index contributed by atoms with van der Waals surface area (Å²) in [6.45, 7) is 2.65. The van der Waals surface area contributed by atoms with E-state index in [0.717, 1.165) is 6.42 Å². The fourth-order valence-electron chi connectivity index (χ4n) is 2.28. The molecule has 1 aliphatic rings. The largest absolute Gasteiger partial charge is 0.411 e. The van der Waals surface area contributed by atoms with Crippen molar-refractivity contribution in [2.24, 2.45) is 18.1 Å². The molecular weight excluding hydrogens is 268 g/mol. The average Bonchev–Trinajstić information content (AvgIpc) is 2.85. The number of aromatic nitrogens is 2. The predicted octanol–water partition coefficient (Wildman–Crippen LogP) is 0.671. The van der Waals surface area contributed by atoms with E-state index in [0.29, 0.717) is 25.2 Å². The molecule has 2 rings (SSSR count). The molecule has 7 nitrogen and oxygen atoms in total. The number of hydrogen-bond donors (Lipinski definition) is 1. The Morgan fingerprint density at radius 1 is 1.58 bits per heavy atom. The minimum Gasteiger partial charge on any atom is -0.411 e. The molecule has 2 heterocycles. The molecule has 8 heteroatoms. The van der Waals surface area contributed by atoms with Crippen LogP contribution in [0.2, 0.25) is 0 Å². The van der Waals surface area contributed by atoms with Crippen molar-refractivity contribution in [2.45, 2.75) is 24.7 Å². The van der Waals surface area contributed by atoms with Gasteiger partial charge in [-0.1, -0.05) is 12.1 Å². The van der Waals surface area contributed by atoms with Gasteiger partial charge in [-0.05, 0) is 6.42 Å². The molecule has 0 saturated carbocycles. The summed E-state index contributed by atoms with van der Waals surface area (Å²) in [6.07, 6.45) is 4.06. The van der Waals surface area contributed by atoms with Gasteiger partial charge < -0.3 is 5.21 Å². The van der Waals surface area contributed by atoms with Crippen molar-refractivity contribution in [3.63, 3.8) is 0 Å². The Morgan fingerprint density at radius 3 is 2.84 bits per heavy atom. The van der Waals surface area contributed by atoms with E-state index in [2.05, 4.69) is 10.3 Å². The number of oxime groups is 1. The highest BCUT2D eigenvalue weighted by atomic mass is 32.2. The molecule has 0 amide bonds. The van der Waals surface area contributed by atoms with Gasteiger partial charge in [0, 0.05) is 38.7 Å². The molecule has 0 bridgehead atoms. The molecule has 1 atom stereocenters. The van der Waals surface area contributed by atoms with E-state index < -0.39 is 10.0 Å². The van der Waals surface area contributed by atoms with Gasteiger partial charge in [0.15, 0.2) is 0 Å². The molecule has 1 aromatic rings. The van der Waals surface area contributed by atoms with Crippen LogP contribution in [0.3, 0.4) is 0 Å². The van der Waals surface area contributed by atoms with Crippen LogP contribution in [-0.4, -0.2) is 46.5 Å². The van der Waals surface area contributed by atoms with Crippen LogP contribution in [0.4, 0.5) is 0 Å². The molecule has 19 heavy (non-hydrogen) atoms. The van der Waals surface area contributed by atoms with Gasteiger partial charge in [0.25, 0.3) is 0 Å². The Kier molecular flexibility index (Phi) is 3.91. The maximum atomic E-state index is 12.4. The number of hydrogen-bond acceptors (Lipinski definition) is 5. The lowest BCUT2D eigenvalue weighted by Crippen LogP contribution is -2.43. The van der Waals surface area contributed by atoms with Gasteiger partial charge in [-0.2, -0.15) is 9.40 Å². The van der Waals surface area contributed by atoms with Crippen LogP contribution in [0.1, 0.15) is 19.8 Å². The first-order valence-corrected chi connectivity index (χ1v) is 7.62. The van der Waals surface area contributed by atoms with E-state index in [-0.39, 0.29) is 10.8 Å². The summed E-state index contributed by atoms with van der Waals surface area (Å²) in [5, 5.41) is 16.1. The zero-order valence-corrected chi connectivity index (χ0v) is 11.8. The lowest BCUT2D eigenvalue weighted by Gasteiger charge is -2.31. The molecule has 0 aliphatic carbocycles. The summed E-state index contributed by atoms with van der Waals surface area (Å²) < 4.78 is 27.8.